The van der Waals surface area contributed by atoms with Crippen molar-refractivity contribution in [3.63, 3.8) is 0 Å². The Bertz CT molecular complexity index is 1420. The van der Waals surface area contributed by atoms with Crippen LogP contribution in [0.15, 0.2) is 30.3 Å². The molecule has 3 heterocycles. The third-order valence-corrected chi connectivity index (χ3v) is 8.86. The molecule has 2 unspecified atom stereocenters. The molecule has 0 N–H and O–H groups in total. The highest BCUT2D eigenvalue weighted by atomic mass is 32.1. The lowest BCUT2D eigenvalue weighted by Crippen LogP contribution is -2.31. The number of benzene rings is 2. The zero-order valence-electron chi connectivity index (χ0n) is 21.8. The Hall–Kier alpha value is -3.11. The number of hydrogen-bond donors (Lipinski definition) is 0. The average Bonchev–Trinajstić information content (AvgIpc) is 3.59. The van der Waals surface area contributed by atoms with Crippen LogP contribution in [0.25, 0.3) is 0 Å². The third-order valence-electron chi connectivity index (χ3n) is 7.86. The first-order valence-electron chi connectivity index (χ1n) is 13.1. The largest absolute Gasteiger partial charge is 0.492 e. The first-order valence-corrected chi connectivity index (χ1v) is 13.9. The molecule has 2 atom stereocenters. The van der Waals surface area contributed by atoms with Crippen molar-refractivity contribution in [3.8, 4) is 11.5 Å². The number of carbonyl (C=O) groups excluding carboxylic acids is 1. The summed E-state index contributed by atoms with van der Waals surface area (Å²) in [6.45, 7) is 3.91. The van der Waals surface area contributed by atoms with Crippen molar-refractivity contribution in [2.45, 2.75) is 63.9 Å². The van der Waals surface area contributed by atoms with Crippen molar-refractivity contribution in [2.75, 3.05) is 20.3 Å². The second kappa shape index (κ2) is 10.1. The van der Waals surface area contributed by atoms with Gasteiger partial charge in [0.25, 0.3) is 0 Å². The highest BCUT2D eigenvalue weighted by molar-refractivity contribution is 7.11. The number of aryl methyl sites for hydroxylation is 1. The number of aromatic nitrogens is 1. The van der Waals surface area contributed by atoms with Gasteiger partial charge in [0.15, 0.2) is 0 Å². The summed E-state index contributed by atoms with van der Waals surface area (Å²) in [4.78, 5) is 19.5. The zero-order valence-corrected chi connectivity index (χ0v) is 22.6. The van der Waals surface area contributed by atoms with Gasteiger partial charge in [0, 0.05) is 48.5 Å². The van der Waals surface area contributed by atoms with Gasteiger partial charge in [-0.25, -0.2) is 4.98 Å². The molecular weight excluding hydrogens is 529 g/mol. The van der Waals surface area contributed by atoms with Crippen molar-refractivity contribution in [1.82, 2.24) is 9.88 Å². The van der Waals surface area contributed by atoms with Gasteiger partial charge in [0.2, 0.25) is 0 Å². The van der Waals surface area contributed by atoms with E-state index in [1.54, 1.807) is 23.5 Å². The number of alkyl halides is 3. The van der Waals surface area contributed by atoms with E-state index in [1.165, 1.54) is 13.2 Å². The van der Waals surface area contributed by atoms with Gasteiger partial charge in [-0.3, -0.25) is 9.69 Å². The molecule has 1 aromatic heterocycles. The molecule has 39 heavy (non-hydrogen) atoms. The second-order valence-electron chi connectivity index (χ2n) is 10.4. The highest BCUT2D eigenvalue weighted by Gasteiger charge is 2.38. The van der Waals surface area contributed by atoms with Crippen LogP contribution in [0.4, 0.5) is 13.2 Å². The number of methoxy groups -OCH3 is 1. The van der Waals surface area contributed by atoms with Crippen molar-refractivity contribution >= 4 is 17.3 Å². The summed E-state index contributed by atoms with van der Waals surface area (Å²) in [6.07, 6.45) is -2.65. The molecule has 10 heteroatoms. The van der Waals surface area contributed by atoms with Crippen molar-refractivity contribution in [1.29, 1.82) is 0 Å². The predicted molar refractivity (Wildman–Crippen MR) is 139 cm³/mol. The number of nitrogens with zero attached hydrogens (tertiary/aromatic N) is 2. The normalized spacial score (nSPS) is 20.2. The van der Waals surface area contributed by atoms with E-state index in [1.807, 2.05) is 19.1 Å². The fourth-order valence-corrected chi connectivity index (χ4v) is 7.02. The van der Waals surface area contributed by atoms with Gasteiger partial charge in [-0.15, -0.1) is 11.3 Å². The van der Waals surface area contributed by atoms with E-state index in [2.05, 4.69) is 9.88 Å². The van der Waals surface area contributed by atoms with Crippen LogP contribution in [0.3, 0.4) is 0 Å². The van der Waals surface area contributed by atoms with Crippen LogP contribution in [0.2, 0.25) is 0 Å². The minimum Gasteiger partial charge on any atom is -0.492 e. The number of carbonyl (C=O) groups is 1. The van der Waals surface area contributed by atoms with E-state index in [-0.39, 0.29) is 31.0 Å². The second-order valence-corrected chi connectivity index (χ2v) is 11.6. The van der Waals surface area contributed by atoms with E-state index < -0.39 is 11.7 Å². The number of halogens is 3. The van der Waals surface area contributed by atoms with Crippen LogP contribution in [0, 0.1) is 6.92 Å². The van der Waals surface area contributed by atoms with Crippen LogP contribution in [-0.2, 0) is 41.6 Å². The SMILES string of the molecule is COC(=O)CC1COc2cc(OC3CCc4c3ccc(C(F)(F)F)c4CN3CCc4nc(C)sc4C3)ccc21. The fourth-order valence-electron chi connectivity index (χ4n) is 5.99. The van der Waals surface area contributed by atoms with Crippen molar-refractivity contribution in [2.24, 2.45) is 0 Å². The molecule has 3 aliphatic rings. The number of ether oxygens (including phenoxy) is 3. The Morgan fingerprint density at radius 1 is 1.21 bits per heavy atom. The van der Waals surface area contributed by atoms with Gasteiger partial charge in [-0.1, -0.05) is 12.1 Å². The lowest BCUT2D eigenvalue weighted by atomic mass is 9.95. The Morgan fingerprint density at radius 2 is 2.03 bits per heavy atom. The maximum absolute atomic E-state index is 14.1. The summed E-state index contributed by atoms with van der Waals surface area (Å²) < 4.78 is 59.2. The number of thiazole rings is 1. The fraction of sp³-hybridized carbons (Fsp3) is 0.448. The van der Waals surface area contributed by atoms with E-state index in [0.717, 1.165) is 38.7 Å². The van der Waals surface area contributed by atoms with Gasteiger partial charge in [-0.05, 0) is 48.6 Å². The summed E-state index contributed by atoms with van der Waals surface area (Å²) in [5, 5.41) is 0.995. The molecule has 0 spiro atoms. The first-order chi connectivity index (χ1) is 18.7. The van der Waals surface area contributed by atoms with Crippen molar-refractivity contribution in [3.05, 3.63) is 73.7 Å². The maximum atomic E-state index is 14.1. The minimum absolute atomic E-state index is 0.0724. The molecule has 0 radical (unpaired) electrons. The van der Waals surface area contributed by atoms with E-state index in [9.17, 15) is 18.0 Å². The summed E-state index contributed by atoms with van der Waals surface area (Å²) in [5.74, 6) is 0.892. The minimum atomic E-state index is -4.43. The molecule has 6 nitrogen and oxygen atoms in total. The quantitative estimate of drug-likeness (QED) is 0.339. The van der Waals surface area contributed by atoms with Gasteiger partial charge >= 0.3 is 12.1 Å². The maximum Gasteiger partial charge on any atom is 0.416 e. The van der Waals surface area contributed by atoms with Gasteiger partial charge in [-0.2, -0.15) is 13.2 Å². The van der Waals surface area contributed by atoms with Crippen molar-refractivity contribution < 1.29 is 32.2 Å². The predicted octanol–water partition coefficient (Wildman–Crippen LogP) is 6.13. The molecule has 0 amide bonds. The average molecular weight is 559 g/mol. The Balaban J connectivity index is 1.24. The number of rotatable bonds is 6. The highest BCUT2D eigenvalue weighted by Crippen LogP contribution is 2.44. The molecule has 206 valence electrons. The lowest BCUT2D eigenvalue weighted by molar-refractivity contribution is -0.141. The summed E-state index contributed by atoms with van der Waals surface area (Å²) in [6, 6.07) is 8.33. The molecule has 0 saturated heterocycles. The standard InChI is InChI=1S/C29H29F3N2O4S/c1-16-33-24-9-10-34(14-27(24)39-16)13-22-20-6-8-25(21(20)5-7-23(22)29(30,31)32)38-18-3-4-19-17(11-28(35)36-2)15-37-26(19)12-18/h3-5,7,12,17,25H,6,8-11,13-15H2,1-2H3. The van der Waals surface area contributed by atoms with E-state index in [0.29, 0.717) is 49.6 Å². The first kappa shape index (κ1) is 26.1. The van der Waals surface area contributed by atoms with E-state index >= 15 is 0 Å². The van der Waals surface area contributed by atoms with Crippen LogP contribution in [0.1, 0.15) is 68.3 Å². The molecule has 0 bridgehead atoms. The molecule has 1 aliphatic carbocycles. The molecular formula is C29H29F3N2O4S. The van der Waals surface area contributed by atoms with Crippen LogP contribution < -0.4 is 9.47 Å². The topological polar surface area (TPSA) is 60.9 Å². The molecule has 0 fully saturated rings. The van der Waals surface area contributed by atoms with Gasteiger partial charge < -0.3 is 14.2 Å². The molecule has 2 aromatic carbocycles. The van der Waals surface area contributed by atoms with Crippen LogP contribution in [-0.4, -0.2) is 36.1 Å². The smallest absolute Gasteiger partial charge is 0.416 e. The molecule has 2 aliphatic heterocycles. The number of fused-ring (bicyclic) bond motifs is 3. The molecule has 6 rings (SSSR count). The lowest BCUT2D eigenvalue weighted by Gasteiger charge is -2.28. The molecule has 3 aromatic rings. The van der Waals surface area contributed by atoms with Crippen LogP contribution >= 0.6 is 11.3 Å². The Morgan fingerprint density at radius 3 is 2.82 bits per heavy atom. The monoisotopic (exact) mass is 558 g/mol. The Kier molecular flexibility index (Phi) is 6.79. The number of hydrogen-bond acceptors (Lipinski definition) is 7. The van der Waals surface area contributed by atoms with Gasteiger partial charge in [0.1, 0.15) is 17.6 Å². The Labute approximate surface area is 228 Å². The third kappa shape index (κ3) is 5.12. The number of esters is 1. The van der Waals surface area contributed by atoms with Crippen LogP contribution in [0.5, 0.6) is 11.5 Å². The summed E-state index contributed by atoms with van der Waals surface area (Å²) in [5.41, 5.74) is 3.37. The summed E-state index contributed by atoms with van der Waals surface area (Å²) in [7, 11) is 1.36. The summed E-state index contributed by atoms with van der Waals surface area (Å²) >= 11 is 1.63. The van der Waals surface area contributed by atoms with E-state index in [4.69, 9.17) is 14.2 Å². The van der Waals surface area contributed by atoms with Gasteiger partial charge in [0.05, 0.1) is 36.4 Å². The zero-order chi connectivity index (χ0) is 27.3. The molecule has 0 saturated carbocycles.